The van der Waals surface area contributed by atoms with E-state index in [1.165, 1.54) is 0 Å². The third kappa shape index (κ3) is 6.52. The second-order valence-electron chi connectivity index (χ2n) is 7.28. The van der Waals surface area contributed by atoms with Crippen LogP contribution in [-0.4, -0.2) is 74.2 Å². The lowest BCUT2D eigenvalue weighted by atomic mass is 10.0. The molecule has 27 heavy (non-hydrogen) atoms. The summed E-state index contributed by atoms with van der Waals surface area (Å²) >= 11 is 0. The van der Waals surface area contributed by atoms with E-state index >= 15 is 0 Å². The van der Waals surface area contributed by atoms with E-state index in [0.717, 1.165) is 26.2 Å². The smallest absolute Gasteiger partial charge is 0.338 e. The first-order chi connectivity index (χ1) is 12.9. The number of ether oxygens (including phenoxy) is 1. The zero-order chi connectivity index (χ0) is 19.8. The number of hydrogen-bond acceptors (Lipinski definition) is 5. The van der Waals surface area contributed by atoms with E-state index in [2.05, 4.69) is 41.3 Å². The van der Waals surface area contributed by atoms with E-state index in [1.54, 1.807) is 31.2 Å². The number of carbonyl (C=O) groups excluding carboxylic acids is 2. The Kier molecular flexibility index (Phi) is 8.06. The molecular formula is C20H32N4O3. The molecule has 1 heterocycles. The predicted molar refractivity (Wildman–Crippen MR) is 107 cm³/mol. The SMILES string of the molecule is CCOC(=O)c1ccc(NC(=O)NCC(C(C)C)N2CCN(C)CC2)cc1. The van der Waals surface area contributed by atoms with Crippen LogP contribution in [0, 0.1) is 5.92 Å². The van der Waals surface area contributed by atoms with Gasteiger partial charge in [0, 0.05) is 44.5 Å². The van der Waals surface area contributed by atoms with Gasteiger partial charge in [-0.3, -0.25) is 4.90 Å². The highest BCUT2D eigenvalue weighted by atomic mass is 16.5. The second-order valence-corrected chi connectivity index (χ2v) is 7.28. The molecule has 7 heteroatoms. The molecule has 0 aromatic heterocycles. The van der Waals surface area contributed by atoms with Crippen LogP contribution < -0.4 is 10.6 Å². The molecule has 2 rings (SSSR count). The van der Waals surface area contributed by atoms with Crippen LogP contribution in [0.1, 0.15) is 31.1 Å². The molecule has 1 saturated heterocycles. The summed E-state index contributed by atoms with van der Waals surface area (Å²) in [6, 6.07) is 6.77. The zero-order valence-electron chi connectivity index (χ0n) is 16.8. The van der Waals surface area contributed by atoms with Gasteiger partial charge in [-0.1, -0.05) is 13.8 Å². The Hall–Kier alpha value is -2.12. The Morgan fingerprint density at radius 3 is 2.30 bits per heavy atom. The third-order valence-electron chi connectivity index (χ3n) is 4.90. The highest BCUT2D eigenvalue weighted by Crippen LogP contribution is 2.14. The predicted octanol–water partition coefficient (Wildman–Crippen LogP) is 2.26. The van der Waals surface area contributed by atoms with Gasteiger partial charge in [0.1, 0.15) is 0 Å². The second kappa shape index (κ2) is 10.3. The van der Waals surface area contributed by atoms with Crippen molar-refractivity contribution in [1.29, 1.82) is 0 Å². The van der Waals surface area contributed by atoms with Crippen LogP contribution >= 0.6 is 0 Å². The van der Waals surface area contributed by atoms with Gasteiger partial charge < -0.3 is 20.3 Å². The van der Waals surface area contributed by atoms with Crippen LogP contribution in [0.3, 0.4) is 0 Å². The normalized spacial score (nSPS) is 16.8. The fourth-order valence-electron chi connectivity index (χ4n) is 3.22. The van der Waals surface area contributed by atoms with E-state index in [4.69, 9.17) is 4.74 Å². The van der Waals surface area contributed by atoms with Gasteiger partial charge in [0.2, 0.25) is 0 Å². The number of piperazine rings is 1. The number of nitrogens with zero attached hydrogens (tertiary/aromatic N) is 2. The molecule has 150 valence electrons. The maximum absolute atomic E-state index is 12.3. The molecule has 1 aliphatic rings. The van der Waals surface area contributed by atoms with Crippen molar-refractivity contribution in [3.63, 3.8) is 0 Å². The molecule has 1 fully saturated rings. The monoisotopic (exact) mass is 376 g/mol. The third-order valence-corrected chi connectivity index (χ3v) is 4.90. The largest absolute Gasteiger partial charge is 0.462 e. The van der Waals surface area contributed by atoms with Crippen molar-refractivity contribution in [2.24, 2.45) is 5.92 Å². The first-order valence-corrected chi connectivity index (χ1v) is 9.65. The first-order valence-electron chi connectivity index (χ1n) is 9.65. The van der Waals surface area contributed by atoms with Gasteiger partial charge in [-0.15, -0.1) is 0 Å². The summed E-state index contributed by atoms with van der Waals surface area (Å²) in [5.41, 5.74) is 1.11. The lowest BCUT2D eigenvalue weighted by molar-refractivity contribution is 0.0526. The fourth-order valence-corrected chi connectivity index (χ4v) is 3.22. The molecule has 2 amide bonds. The number of esters is 1. The van der Waals surface area contributed by atoms with Crippen LogP contribution in [0.5, 0.6) is 0 Å². The Labute approximate surface area is 162 Å². The summed E-state index contributed by atoms with van der Waals surface area (Å²) in [5, 5.41) is 5.80. The molecule has 1 aliphatic heterocycles. The van der Waals surface area contributed by atoms with Gasteiger partial charge in [0.25, 0.3) is 0 Å². The number of urea groups is 1. The number of likely N-dealkylation sites (N-methyl/N-ethyl adjacent to an activating group) is 1. The number of rotatable bonds is 7. The van der Waals surface area contributed by atoms with Crippen molar-refractivity contribution in [1.82, 2.24) is 15.1 Å². The summed E-state index contributed by atoms with van der Waals surface area (Å²) < 4.78 is 4.95. The minimum Gasteiger partial charge on any atom is -0.462 e. The summed E-state index contributed by atoms with van der Waals surface area (Å²) in [6.07, 6.45) is 0. The number of hydrogen-bond donors (Lipinski definition) is 2. The van der Waals surface area contributed by atoms with Gasteiger partial charge in [-0.2, -0.15) is 0 Å². The summed E-state index contributed by atoms with van der Waals surface area (Å²) in [6.45, 7) is 11.3. The lowest BCUT2D eigenvalue weighted by Crippen LogP contribution is -2.54. The van der Waals surface area contributed by atoms with Crippen LogP contribution in [0.2, 0.25) is 0 Å². The summed E-state index contributed by atoms with van der Waals surface area (Å²) in [7, 11) is 2.14. The van der Waals surface area contributed by atoms with Crippen molar-refractivity contribution in [2.45, 2.75) is 26.8 Å². The van der Waals surface area contributed by atoms with E-state index in [1.807, 2.05) is 0 Å². The molecule has 1 aromatic rings. The quantitative estimate of drug-likeness (QED) is 0.714. The van der Waals surface area contributed by atoms with Crippen LogP contribution in [-0.2, 0) is 4.74 Å². The number of nitrogens with one attached hydrogen (secondary N) is 2. The summed E-state index contributed by atoms with van der Waals surface area (Å²) in [4.78, 5) is 28.7. The highest BCUT2D eigenvalue weighted by Gasteiger charge is 2.25. The molecule has 0 aliphatic carbocycles. The molecule has 1 unspecified atom stereocenters. The van der Waals surface area contributed by atoms with Crippen molar-refractivity contribution in [2.75, 3.05) is 51.7 Å². The Bertz CT molecular complexity index is 610. The molecular weight excluding hydrogens is 344 g/mol. The minimum absolute atomic E-state index is 0.237. The topological polar surface area (TPSA) is 73.9 Å². The Morgan fingerprint density at radius 1 is 1.11 bits per heavy atom. The van der Waals surface area contributed by atoms with Crippen molar-refractivity contribution in [3.8, 4) is 0 Å². The van der Waals surface area contributed by atoms with Gasteiger partial charge in [0.05, 0.1) is 12.2 Å². The average molecular weight is 377 g/mol. The molecule has 0 saturated carbocycles. The molecule has 2 N–H and O–H groups in total. The first kappa shape index (κ1) is 21.2. The zero-order valence-corrected chi connectivity index (χ0v) is 16.8. The van der Waals surface area contributed by atoms with Gasteiger partial charge >= 0.3 is 12.0 Å². The number of carbonyl (C=O) groups is 2. The number of benzene rings is 1. The Balaban J connectivity index is 1.84. The molecule has 0 bridgehead atoms. The standard InChI is InChI=1S/C20H32N4O3/c1-5-27-19(25)16-6-8-17(9-7-16)22-20(26)21-14-18(15(2)3)24-12-10-23(4)11-13-24/h6-9,15,18H,5,10-14H2,1-4H3,(H2,21,22,26). The number of amides is 2. The maximum Gasteiger partial charge on any atom is 0.338 e. The van der Waals surface area contributed by atoms with Gasteiger partial charge in [-0.05, 0) is 44.2 Å². The van der Waals surface area contributed by atoms with Gasteiger partial charge in [-0.25, -0.2) is 9.59 Å². The maximum atomic E-state index is 12.3. The van der Waals surface area contributed by atoms with Crippen molar-refractivity contribution in [3.05, 3.63) is 29.8 Å². The molecule has 0 radical (unpaired) electrons. The van der Waals surface area contributed by atoms with E-state index in [-0.39, 0.29) is 12.0 Å². The van der Waals surface area contributed by atoms with E-state index in [0.29, 0.717) is 36.4 Å². The molecule has 7 nitrogen and oxygen atoms in total. The van der Waals surface area contributed by atoms with Crippen molar-refractivity contribution >= 4 is 17.7 Å². The molecule has 0 spiro atoms. The van der Waals surface area contributed by atoms with Crippen LogP contribution in [0.15, 0.2) is 24.3 Å². The van der Waals surface area contributed by atoms with Crippen molar-refractivity contribution < 1.29 is 14.3 Å². The molecule has 1 aromatic carbocycles. The van der Waals surface area contributed by atoms with Crippen LogP contribution in [0.25, 0.3) is 0 Å². The lowest BCUT2D eigenvalue weighted by Gasteiger charge is -2.39. The minimum atomic E-state index is -0.361. The molecule has 1 atom stereocenters. The number of anilines is 1. The summed E-state index contributed by atoms with van der Waals surface area (Å²) in [5.74, 6) is 0.0954. The van der Waals surface area contributed by atoms with Gasteiger partial charge in [0.15, 0.2) is 0 Å². The average Bonchev–Trinajstić information content (AvgIpc) is 2.64. The highest BCUT2D eigenvalue weighted by molar-refractivity contribution is 5.92. The van der Waals surface area contributed by atoms with E-state index in [9.17, 15) is 9.59 Å². The van der Waals surface area contributed by atoms with Crippen LogP contribution in [0.4, 0.5) is 10.5 Å². The van der Waals surface area contributed by atoms with E-state index < -0.39 is 0 Å². The Morgan fingerprint density at radius 2 is 1.74 bits per heavy atom. The fraction of sp³-hybridized carbons (Fsp3) is 0.600.